The Labute approximate surface area is 128 Å². The minimum absolute atomic E-state index is 0.133. The summed E-state index contributed by atoms with van der Waals surface area (Å²) in [5, 5.41) is 11.6. The van der Waals surface area contributed by atoms with Crippen molar-refractivity contribution in [1.82, 2.24) is 0 Å². The molecule has 8 unspecified atom stereocenters. The normalized spacial score (nSPS) is 53.9. The molecule has 0 aromatic heterocycles. The van der Waals surface area contributed by atoms with Crippen molar-refractivity contribution < 1.29 is 19.3 Å². The predicted molar refractivity (Wildman–Crippen MR) is 79.6 cm³/mol. The Bertz CT molecular complexity index is 374. The molecule has 122 valence electrons. The third kappa shape index (κ3) is 2.44. The average molecular weight is 298 g/mol. The van der Waals surface area contributed by atoms with Crippen molar-refractivity contribution >= 4 is 0 Å². The van der Waals surface area contributed by atoms with Gasteiger partial charge in [0.1, 0.15) is 5.60 Å². The fraction of sp³-hybridized carbons (Fsp3) is 1.00. The van der Waals surface area contributed by atoms with E-state index in [1.165, 1.54) is 6.42 Å². The first-order valence-corrected chi connectivity index (χ1v) is 8.63. The Morgan fingerprint density at radius 1 is 1.05 bits per heavy atom. The second-order valence-corrected chi connectivity index (χ2v) is 7.33. The summed E-state index contributed by atoms with van der Waals surface area (Å²) in [5.41, 5.74) is -0.852. The molecule has 0 spiro atoms. The molecule has 2 aliphatic heterocycles. The Morgan fingerprint density at radius 2 is 1.76 bits per heavy atom. The van der Waals surface area contributed by atoms with Gasteiger partial charge in [-0.05, 0) is 51.4 Å². The topological polar surface area (TPSA) is 47.9 Å². The minimum atomic E-state index is -0.852. The van der Waals surface area contributed by atoms with Crippen LogP contribution in [0, 0.1) is 23.7 Å². The lowest BCUT2D eigenvalue weighted by atomic mass is 9.58. The molecule has 0 aromatic carbocycles. The molecule has 0 amide bonds. The van der Waals surface area contributed by atoms with E-state index in [-0.39, 0.29) is 30.1 Å². The maximum atomic E-state index is 11.6. The Hall–Kier alpha value is -0.160. The maximum Gasteiger partial charge on any atom is 0.190 e. The highest BCUT2D eigenvalue weighted by Gasteiger charge is 2.62. The second kappa shape index (κ2) is 5.80. The lowest BCUT2D eigenvalue weighted by molar-refractivity contribution is -0.381. The van der Waals surface area contributed by atoms with Gasteiger partial charge in [0.15, 0.2) is 12.6 Å². The molecule has 3 aliphatic rings. The molecule has 1 saturated carbocycles. The predicted octanol–water partition coefficient (Wildman–Crippen LogP) is 2.93. The van der Waals surface area contributed by atoms with Crippen molar-refractivity contribution in [1.29, 1.82) is 0 Å². The van der Waals surface area contributed by atoms with E-state index in [4.69, 9.17) is 14.2 Å². The quantitative estimate of drug-likeness (QED) is 0.851. The highest BCUT2D eigenvalue weighted by Crippen LogP contribution is 2.54. The van der Waals surface area contributed by atoms with Crippen LogP contribution in [0.25, 0.3) is 0 Å². The van der Waals surface area contributed by atoms with Crippen LogP contribution in [0.2, 0.25) is 0 Å². The molecule has 3 fully saturated rings. The summed E-state index contributed by atoms with van der Waals surface area (Å²) in [4.78, 5) is 0. The van der Waals surface area contributed by atoms with E-state index < -0.39 is 11.9 Å². The van der Waals surface area contributed by atoms with Crippen LogP contribution in [0.15, 0.2) is 0 Å². The number of aliphatic hydroxyl groups is 1. The van der Waals surface area contributed by atoms with Crippen molar-refractivity contribution in [3.8, 4) is 0 Å². The molecule has 0 aromatic rings. The van der Waals surface area contributed by atoms with Crippen LogP contribution in [0.3, 0.4) is 0 Å². The highest BCUT2D eigenvalue weighted by atomic mass is 16.8. The van der Waals surface area contributed by atoms with E-state index in [1.54, 1.807) is 0 Å². The lowest BCUT2D eigenvalue weighted by Crippen LogP contribution is -2.66. The van der Waals surface area contributed by atoms with Crippen LogP contribution in [-0.2, 0) is 14.2 Å². The first-order chi connectivity index (χ1) is 9.98. The van der Waals surface area contributed by atoms with E-state index >= 15 is 0 Å². The molecule has 1 N–H and O–H groups in total. The van der Waals surface area contributed by atoms with Crippen molar-refractivity contribution in [2.24, 2.45) is 23.7 Å². The molecule has 0 radical (unpaired) electrons. The molecule has 3 rings (SSSR count). The summed E-state index contributed by atoms with van der Waals surface area (Å²) in [6, 6.07) is 0. The van der Waals surface area contributed by atoms with Gasteiger partial charge in [0, 0.05) is 18.4 Å². The Morgan fingerprint density at radius 3 is 2.48 bits per heavy atom. The summed E-state index contributed by atoms with van der Waals surface area (Å²) < 4.78 is 17.9. The zero-order valence-corrected chi connectivity index (χ0v) is 13.7. The van der Waals surface area contributed by atoms with Crippen LogP contribution in [0.1, 0.15) is 53.4 Å². The van der Waals surface area contributed by atoms with Crippen LogP contribution in [-0.4, -0.2) is 36.0 Å². The number of rotatable bonds is 2. The van der Waals surface area contributed by atoms with Gasteiger partial charge in [-0.1, -0.05) is 13.8 Å². The van der Waals surface area contributed by atoms with Crippen molar-refractivity contribution in [2.75, 3.05) is 6.61 Å². The SMILES string of the molecule is CCOC1OC2OC(C)CCC3C(C)CCC(C1C)C23O. The summed E-state index contributed by atoms with van der Waals surface area (Å²) in [7, 11) is 0. The summed E-state index contributed by atoms with van der Waals surface area (Å²) in [5.74, 6) is 1.22. The van der Waals surface area contributed by atoms with Crippen molar-refractivity contribution in [3.05, 3.63) is 0 Å². The second-order valence-electron chi connectivity index (χ2n) is 7.33. The van der Waals surface area contributed by atoms with Crippen LogP contribution in [0.5, 0.6) is 0 Å². The standard InChI is InChI=1S/C17H30O4/c1-5-19-15-12(4)14-8-6-10(2)13-9-7-11(3)20-16(21-15)17(13,14)18/h10-16,18H,5-9H2,1-4H3. The van der Waals surface area contributed by atoms with E-state index in [0.717, 1.165) is 19.3 Å². The van der Waals surface area contributed by atoms with E-state index in [1.807, 2.05) is 6.92 Å². The molecule has 4 heteroatoms. The molecule has 2 saturated heterocycles. The largest absolute Gasteiger partial charge is 0.384 e. The zero-order valence-electron chi connectivity index (χ0n) is 13.7. The fourth-order valence-electron chi connectivity index (χ4n) is 4.89. The molecule has 4 nitrogen and oxygen atoms in total. The Balaban J connectivity index is 1.95. The van der Waals surface area contributed by atoms with Crippen LogP contribution < -0.4 is 0 Å². The fourth-order valence-corrected chi connectivity index (χ4v) is 4.89. The first-order valence-electron chi connectivity index (χ1n) is 8.63. The molecular weight excluding hydrogens is 268 g/mol. The van der Waals surface area contributed by atoms with Gasteiger partial charge in [-0.25, -0.2) is 0 Å². The van der Waals surface area contributed by atoms with Gasteiger partial charge in [-0.3, -0.25) is 0 Å². The molecule has 21 heavy (non-hydrogen) atoms. The monoisotopic (exact) mass is 298 g/mol. The number of hydrogen-bond donors (Lipinski definition) is 1. The van der Waals surface area contributed by atoms with Crippen molar-refractivity contribution in [3.63, 3.8) is 0 Å². The third-order valence-electron chi connectivity index (χ3n) is 6.08. The van der Waals surface area contributed by atoms with E-state index in [9.17, 15) is 5.11 Å². The van der Waals surface area contributed by atoms with Gasteiger partial charge < -0.3 is 19.3 Å². The van der Waals surface area contributed by atoms with Gasteiger partial charge >= 0.3 is 0 Å². The van der Waals surface area contributed by atoms with Gasteiger partial charge in [0.25, 0.3) is 0 Å². The average Bonchev–Trinajstić information content (AvgIpc) is 2.55. The summed E-state index contributed by atoms with van der Waals surface area (Å²) >= 11 is 0. The minimum Gasteiger partial charge on any atom is -0.384 e. The van der Waals surface area contributed by atoms with E-state index in [2.05, 4.69) is 20.8 Å². The molecule has 0 bridgehead atoms. The zero-order chi connectivity index (χ0) is 15.2. The van der Waals surface area contributed by atoms with Crippen LogP contribution >= 0.6 is 0 Å². The van der Waals surface area contributed by atoms with Gasteiger partial charge in [0.05, 0.1) is 6.10 Å². The molecule has 2 heterocycles. The molecular formula is C17H30O4. The smallest absolute Gasteiger partial charge is 0.190 e. The van der Waals surface area contributed by atoms with Gasteiger partial charge in [-0.2, -0.15) is 0 Å². The van der Waals surface area contributed by atoms with Gasteiger partial charge in [0.2, 0.25) is 0 Å². The summed E-state index contributed by atoms with van der Waals surface area (Å²) in [6.45, 7) is 9.12. The third-order valence-corrected chi connectivity index (χ3v) is 6.08. The maximum absolute atomic E-state index is 11.6. The number of hydrogen-bond acceptors (Lipinski definition) is 4. The first kappa shape index (κ1) is 15.7. The summed E-state index contributed by atoms with van der Waals surface area (Å²) in [6.07, 6.45) is 3.58. The Kier molecular flexibility index (Phi) is 4.34. The van der Waals surface area contributed by atoms with Gasteiger partial charge in [-0.15, -0.1) is 0 Å². The molecule has 1 aliphatic carbocycles. The lowest BCUT2D eigenvalue weighted by Gasteiger charge is -2.57. The highest BCUT2D eigenvalue weighted by molar-refractivity contribution is 5.06. The van der Waals surface area contributed by atoms with Crippen molar-refractivity contribution in [2.45, 2.75) is 77.7 Å². The van der Waals surface area contributed by atoms with Crippen LogP contribution in [0.4, 0.5) is 0 Å². The number of ether oxygens (including phenoxy) is 3. The molecule has 8 atom stereocenters. The van der Waals surface area contributed by atoms with E-state index in [0.29, 0.717) is 12.5 Å².